The van der Waals surface area contributed by atoms with E-state index in [0.717, 1.165) is 10.6 Å². The number of carbonyl (C=O) groups excluding carboxylic acids is 1. The van der Waals surface area contributed by atoms with E-state index in [4.69, 9.17) is 38.4 Å². The quantitative estimate of drug-likeness (QED) is 0.471. The maximum absolute atomic E-state index is 12.3. The van der Waals surface area contributed by atoms with E-state index in [1.54, 1.807) is 12.1 Å². The third-order valence-electron chi connectivity index (χ3n) is 3.53. The van der Waals surface area contributed by atoms with Crippen molar-refractivity contribution in [1.82, 2.24) is 4.98 Å². The highest BCUT2D eigenvalue weighted by Gasteiger charge is 2.17. The Morgan fingerprint density at radius 1 is 1.23 bits per heavy atom. The summed E-state index contributed by atoms with van der Waals surface area (Å²) in [6.45, 7) is 0.0358. The Balaban J connectivity index is 1.71. The van der Waals surface area contributed by atoms with Gasteiger partial charge in [-0.2, -0.15) is 0 Å². The average Bonchev–Trinajstić information content (AvgIpc) is 3.11. The molecule has 0 amide bonds. The van der Waals surface area contributed by atoms with Crippen molar-refractivity contribution in [1.29, 1.82) is 0 Å². The maximum atomic E-state index is 12.3. The topological polar surface area (TPSA) is 74.4 Å². The van der Waals surface area contributed by atoms with Crippen LogP contribution in [0.1, 0.15) is 16.1 Å². The van der Waals surface area contributed by atoms with Crippen LogP contribution in [0.2, 0.25) is 10.0 Å². The monoisotopic (exact) mass is 408 g/mol. The number of nitrogens with two attached hydrogens (primary N) is 1. The van der Waals surface area contributed by atoms with E-state index >= 15 is 0 Å². The van der Waals surface area contributed by atoms with Crippen molar-refractivity contribution in [2.75, 3.05) is 12.8 Å². The van der Waals surface area contributed by atoms with E-state index in [9.17, 15) is 4.79 Å². The van der Waals surface area contributed by atoms with E-state index in [-0.39, 0.29) is 17.2 Å². The second-order valence-electron chi connectivity index (χ2n) is 5.30. The number of benzene rings is 2. The number of ether oxygens (including phenoxy) is 2. The van der Waals surface area contributed by atoms with Crippen molar-refractivity contribution in [3.8, 4) is 16.3 Å². The number of anilines is 1. The Bertz CT molecular complexity index is 942. The second kappa shape index (κ2) is 7.95. The number of nitrogens with zero attached hydrogens (tertiary/aromatic N) is 1. The van der Waals surface area contributed by atoms with E-state index < -0.39 is 5.97 Å². The van der Waals surface area contributed by atoms with Gasteiger partial charge in [0.2, 0.25) is 0 Å². The number of nitrogen functional groups attached to an aromatic ring is 1. The van der Waals surface area contributed by atoms with Gasteiger partial charge in [-0.15, -0.1) is 11.3 Å². The van der Waals surface area contributed by atoms with Crippen LogP contribution in [0.15, 0.2) is 41.8 Å². The summed E-state index contributed by atoms with van der Waals surface area (Å²) in [5.41, 5.74) is 7.85. The molecule has 0 atom stereocenters. The van der Waals surface area contributed by atoms with Gasteiger partial charge in [-0.25, -0.2) is 9.78 Å². The third-order valence-corrected chi connectivity index (χ3v) is 5.05. The van der Waals surface area contributed by atoms with Crippen molar-refractivity contribution in [3.05, 3.63) is 63.1 Å². The molecule has 2 N–H and O–H groups in total. The molecule has 26 heavy (non-hydrogen) atoms. The normalized spacial score (nSPS) is 10.6. The Hall–Kier alpha value is -2.28. The molecular weight excluding hydrogens is 395 g/mol. The number of carbonyl (C=O) groups is 1. The van der Waals surface area contributed by atoms with Crippen LogP contribution in [0, 0.1) is 0 Å². The summed E-state index contributed by atoms with van der Waals surface area (Å²) in [7, 11) is 1.44. The summed E-state index contributed by atoms with van der Waals surface area (Å²) in [6, 6.07) is 10.3. The fourth-order valence-electron chi connectivity index (χ4n) is 2.21. The fraction of sp³-hybridized carbons (Fsp3) is 0.111. The van der Waals surface area contributed by atoms with E-state index in [1.165, 1.54) is 30.6 Å². The number of rotatable bonds is 5. The molecule has 2 aromatic carbocycles. The number of esters is 1. The minimum atomic E-state index is -0.565. The minimum Gasteiger partial charge on any atom is -0.496 e. The average molecular weight is 409 g/mol. The van der Waals surface area contributed by atoms with Crippen LogP contribution in [0.25, 0.3) is 10.6 Å². The Morgan fingerprint density at radius 2 is 1.96 bits per heavy atom. The molecule has 0 saturated carbocycles. The molecule has 0 aliphatic rings. The summed E-state index contributed by atoms with van der Waals surface area (Å²) in [6.07, 6.45) is 0. The van der Waals surface area contributed by atoms with Crippen LogP contribution in [0.5, 0.6) is 5.75 Å². The zero-order chi connectivity index (χ0) is 18.7. The number of thiazole rings is 1. The molecule has 0 unspecified atom stereocenters. The predicted molar refractivity (Wildman–Crippen MR) is 104 cm³/mol. The first kappa shape index (κ1) is 18.5. The van der Waals surface area contributed by atoms with Gasteiger partial charge in [0.1, 0.15) is 22.9 Å². The van der Waals surface area contributed by atoms with Crippen molar-refractivity contribution in [3.63, 3.8) is 0 Å². The smallest absolute Gasteiger partial charge is 0.342 e. The molecule has 5 nitrogen and oxygen atoms in total. The molecule has 8 heteroatoms. The highest BCUT2D eigenvalue weighted by Crippen LogP contribution is 2.30. The van der Waals surface area contributed by atoms with Gasteiger partial charge in [0.25, 0.3) is 0 Å². The molecule has 0 fully saturated rings. The van der Waals surface area contributed by atoms with Crippen molar-refractivity contribution < 1.29 is 14.3 Å². The molecule has 0 aliphatic carbocycles. The summed E-state index contributed by atoms with van der Waals surface area (Å²) in [4.78, 5) is 16.8. The third kappa shape index (κ3) is 4.09. The van der Waals surface area contributed by atoms with Gasteiger partial charge >= 0.3 is 5.97 Å². The molecule has 3 aromatic rings. The van der Waals surface area contributed by atoms with Crippen LogP contribution in [-0.4, -0.2) is 18.1 Å². The first-order valence-corrected chi connectivity index (χ1v) is 9.12. The van der Waals surface area contributed by atoms with Crippen LogP contribution < -0.4 is 10.5 Å². The fourth-order valence-corrected chi connectivity index (χ4v) is 3.31. The number of hydrogen-bond acceptors (Lipinski definition) is 6. The zero-order valence-corrected chi connectivity index (χ0v) is 16.0. The molecule has 0 bridgehead atoms. The number of methoxy groups -OCH3 is 1. The van der Waals surface area contributed by atoms with E-state index in [0.29, 0.717) is 22.2 Å². The lowest BCUT2D eigenvalue weighted by Crippen LogP contribution is -2.08. The van der Waals surface area contributed by atoms with Crippen molar-refractivity contribution >= 4 is 46.2 Å². The second-order valence-corrected chi connectivity index (χ2v) is 7.00. The maximum Gasteiger partial charge on any atom is 0.342 e. The van der Waals surface area contributed by atoms with E-state index in [2.05, 4.69) is 4.98 Å². The van der Waals surface area contributed by atoms with Crippen LogP contribution in [-0.2, 0) is 11.3 Å². The molecule has 0 aliphatic heterocycles. The standard InChI is InChI=1S/C18H14Cl2N2O3S/c1-24-16-7-15(21)14(20)6-13(16)18(23)25-8-12-9-26-17(22-12)10-2-4-11(19)5-3-10/h2-7,9H,8,21H2,1H3. The lowest BCUT2D eigenvalue weighted by Gasteiger charge is -2.10. The summed E-state index contributed by atoms with van der Waals surface area (Å²) in [5.74, 6) is -0.262. The summed E-state index contributed by atoms with van der Waals surface area (Å²) >= 11 is 13.3. The van der Waals surface area contributed by atoms with Crippen LogP contribution >= 0.6 is 34.5 Å². The van der Waals surface area contributed by atoms with Gasteiger partial charge in [-0.1, -0.05) is 35.3 Å². The van der Waals surface area contributed by atoms with Crippen LogP contribution in [0.4, 0.5) is 5.69 Å². The highest BCUT2D eigenvalue weighted by atomic mass is 35.5. The molecule has 0 spiro atoms. The number of aromatic nitrogens is 1. The zero-order valence-electron chi connectivity index (χ0n) is 13.7. The lowest BCUT2D eigenvalue weighted by atomic mass is 10.2. The number of halogens is 2. The molecule has 1 heterocycles. The van der Waals surface area contributed by atoms with Gasteiger partial charge < -0.3 is 15.2 Å². The lowest BCUT2D eigenvalue weighted by molar-refractivity contribution is 0.0465. The summed E-state index contributed by atoms with van der Waals surface area (Å²) in [5, 5.41) is 3.58. The van der Waals surface area contributed by atoms with Crippen molar-refractivity contribution in [2.45, 2.75) is 6.61 Å². The minimum absolute atomic E-state index is 0.0358. The summed E-state index contributed by atoms with van der Waals surface area (Å²) < 4.78 is 10.5. The molecular formula is C18H14Cl2N2O3S. The number of hydrogen-bond donors (Lipinski definition) is 1. The van der Waals surface area contributed by atoms with Crippen LogP contribution in [0.3, 0.4) is 0 Å². The van der Waals surface area contributed by atoms with Gasteiger partial charge in [0.05, 0.1) is 23.5 Å². The Kier molecular flexibility index (Phi) is 5.66. The van der Waals surface area contributed by atoms with Gasteiger partial charge in [0, 0.05) is 22.0 Å². The highest BCUT2D eigenvalue weighted by molar-refractivity contribution is 7.13. The molecule has 3 rings (SSSR count). The largest absolute Gasteiger partial charge is 0.496 e. The van der Waals surface area contributed by atoms with Gasteiger partial charge in [0.15, 0.2) is 0 Å². The van der Waals surface area contributed by atoms with E-state index in [1.807, 2.05) is 17.5 Å². The van der Waals surface area contributed by atoms with Gasteiger partial charge in [-0.3, -0.25) is 0 Å². The Labute approximate surface area is 164 Å². The molecule has 0 radical (unpaired) electrons. The van der Waals surface area contributed by atoms with Crippen molar-refractivity contribution in [2.24, 2.45) is 0 Å². The molecule has 134 valence electrons. The SMILES string of the molecule is COc1cc(N)c(Cl)cc1C(=O)OCc1csc(-c2ccc(Cl)cc2)n1. The first-order chi connectivity index (χ1) is 12.5. The van der Waals surface area contributed by atoms with Gasteiger partial charge in [-0.05, 0) is 18.2 Å². The Morgan fingerprint density at radius 3 is 2.65 bits per heavy atom. The molecule has 0 saturated heterocycles. The molecule has 1 aromatic heterocycles. The first-order valence-electron chi connectivity index (χ1n) is 7.48. The predicted octanol–water partition coefficient (Wildman–Crippen LogP) is 5.06.